The predicted molar refractivity (Wildman–Crippen MR) is 148 cm³/mol. The van der Waals surface area contributed by atoms with Crippen LogP contribution in [-0.2, 0) is 20.8 Å². The van der Waals surface area contributed by atoms with Gasteiger partial charge in [-0.15, -0.1) is 0 Å². The number of rotatable bonds is 4. The van der Waals surface area contributed by atoms with Crippen LogP contribution in [0.1, 0.15) is 85.5 Å². The van der Waals surface area contributed by atoms with Crippen LogP contribution in [-0.4, -0.2) is 15.2 Å². The van der Waals surface area contributed by atoms with Gasteiger partial charge in [0.1, 0.15) is 0 Å². The van der Waals surface area contributed by atoms with E-state index in [1.165, 1.54) is 31.2 Å². The summed E-state index contributed by atoms with van der Waals surface area (Å²) in [6.07, 6.45) is 14.0. The molecule has 0 saturated heterocycles. The van der Waals surface area contributed by atoms with Gasteiger partial charge >= 0.3 is 37.9 Å². The minimum absolute atomic E-state index is 0. The third-order valence-corrected chi connectivity index (χ3v) is 30.6. The molecule has 0 spiro atoms. The molecule has 3 saturated carbocycles. The van der Waals surface area contributed by atoms with Gasteiger partial charge < -0.3 is 14.9 Å². The summed E-state index contributed by atoms with van der Waals surface area (Å²) in [5.41, 5.74) is 2.82. The second-order valence-electron chi connectivity index (χ2n) is 13.1. The SMILES string of the molecule is CC1CCCC2C1CCC2[Si](C)(C)[Si](C)(C)C1CCC(CC(C)(C)C)C1.[CH3-].[CH3-].[Cl][Zr+2][Cl]. The van der Waals surface area contributed by atoms with Gasteiger partial charge in [0.05, 0.1) is 0 Å². The Morgan fingerprint density at radius 1 is 0.806 bits per heavy atom. The first-order valence-corrected chi connectivity index (χ1v) is 25.8. The summed E-state index contributed by atoms with van der Waals surface area (Å²) < 4.78 is 0. The number of hydrogen-bond donors (Lipinski definition) is 0. The van der Waals surface area contributed by atoms with Gasteiger partial charge in [-0.2, -0.15) is 0 Å². The van der Waals surface area contributed by atoms with Crippen molar-refractivity contribution < 1.29 is 20.8 Å². The van der Waals surface area contributed by atoms with Gasteiger partial charge in [-0.3, -0.25) is 0 Å². The van der Waals surface area contributed by atoms with E-state index < -0.39 is 36.0 Å². The van der Waals surface area contributed by atoms with Gasteiger partial charge in [0.15, 0.2) is 0 Å². The average molecular weight is 585 g/mol. The molecule has 3 aliphatic carbocycles. The summed E-state index contributed by atoms with van der Waals surface area (Å²) in [4.78, 5) is 0. The van der Waals surface area contributed by atoms with Gasteiger partial charge in [0.25, 0.3) is 0 Å². The summed E-state index contributed by atoms with van der Waals surface area (Å²) in [5, 5.41) is 0. The number of fused-ring (bicyclic) bond motifs is 1. The molecule has 0 nitrogen and oxygen atoms in total. The third-order valence-electron chi connectivity index (χ3n) is 9.86. The van der Waals surface area contributed by atoms with Gasteiger partial charge in [0.2, 0.25) is 0 Å². The van der Waals surface area contributed by atoms with E-state index in [1.807, 2.05) is 0 Å². The van der Waals surface area contributed by atoms with Gasteiger partial charge in [-0.25, -0.2) is 0 Å². The topological polar surface area (TPSA) is 0 Å². The summed E-state index contributed by atoms with van der Waals surface area (Å²) in [6.45, 7) is 21.3. The van der Waals surface area contributed by atoms with Gasteiger partial charge in [-0.1, -0.05) is 98.8 Å². The quantitative estimate of drug-likeness (QED) is 0.228. The number of hydrogen-bond acceptors (Lipinski definition) is 0. The minimum atomic E-state index is -1.15. The molecule has 3 aliphatic rings. The fourth-order valence-corrected chi connectivity index (χ4v) is 21.9. The Morgan fingerprint density at radius 3 is 1.94 bits per heavy atom. The molecule has 0 radical (unpaired) electrons. The first-order chi connectivity index (χ1) is 13.3. The Kier molecular flexibility index (Phi) is 14.1. The molecule has 0 bridgehead atoms. The van der Waals surface area contributed by atoms with Crippen molar-refractivity contribution in [3.8, 4) is 0 Å². The summed E-state index contributed by atoms with van der Waals surface area (Å²) >= 11 is -0.826. The molecule has 0 aromatic carbocycles. The van der Waals surface area contributed by atoms with Crippen molar-refractivity contribution in [3.05, 3.63) is 14.9 Å². The molecule has 6 atom stereocenters. The molecule has 184 valence electrons. The Bertz CT molecular complexity index is 518. The van der Waals surface area contributed by atoms with Crippen molar-refractivity contribution in [2.24, 2.45) is 29.1 Å². The molecule has 0 aromatic heterocycles. The monoisotopic (exact) mass is 582 g/mol. The second kappa shape index (κ2) is 13.3. The van der Waals surface area contributed by atoms with Crippen molar-refractivity contribution >= 4 is 32.2 Å². The Hall–Kier alpha value is 1.90. The van der Waals surface area contributed by atoms with Crippen LogP contribution in [0.4, 0.5) is 0 Å². The molecule has 0 aliphatic heterocycles. The van der Waals surface area contributed by atoms with E-state index in [-0.39, 0.29) is 14.9 Å². The van der Waals surface area contributed by atoms with Crippen molar-refractivity contribution in [3.63, 3.8) is 0 Å². The zero-order valence-corrected chi connectivity index (χ0v) is 28.6. The molecule has 0 heterocycles. The fraction of sp³-hybridized carbons (Fsp3) is 0.923. The second-order valence-corrected chi connectivity index (χ2v) is 33.0. The van der Waals surface area contributed by atoms with Crippen molar-refractivity contribution in [2.45, 2.75) is 123 Å². The Morgan fingerprint density at radius 2 is 1.39 bits per heavy atom. The first kappa shape index (κ1) is 32.9. The molecule has 31 heavy (non-hydrogen) atoms. The maximum atomic E-state index is 4.93. The molecule has 0 aromatic rings. The van der Waals surface area contributed by atoms with Gasteiger partial charge in [0, 0.05) is 15.2 Å². The van der Waals surface area contributed by atoms with Gasteiger partial charge in [-0.05, 0) is 53.0 Å². The van der Waals surface area contributed by atoms with Crippen LogP contribution < -0.4 is 0 Å². The van der Waals surface area contributed by atoms with Crippen molar-refractivity contribution in [1.82, 2.24) is 0 Å². The van der Waals surface area contributed by atoms with Crippen LogP contribution >= 0.6 is 17.0 Å². The molecule has 3 rings (SSSR count). The van der Waals surface area contributed by atoms with Crippen molar-refractivity contribution in [1.29, 1.82) is 0 Å². The maximum absolute atomic E-state index is 4.93. The van der Waals surface area contributed by atoms with Crippen LogP contribution in [0.15, 0.2) is 0 Å². The molecule has 6 unspecified atom stereocenters. The Labute approximate surface area is 218 Å². The molecule has 3 fully saturated rings. The van der Waals surface area contributed by atoms with Crippen LogP contribution in [0.25, 0.3) is 0 Å². The average Bonchev–Trinajstić information content (AvgIpc) is 3.22. The van der Waals surface area contributed by atoms with Crippen LogP contribution in [0, 0.1) is 43.9 Å². The molecule has 5 heteroatoms. The van der Waals surface area contributed by atoms with E-state index >= 15 is 0 Å². The fourth-order valence-electron chi connectivity index (χ4n) is 7.79. The van der Waals surface area contributed by atoms with Crippen LogP contribution in [0.5, 0.6) is 0 Å². The molecule has 0 N–H and O–H groups in total. The van der Waals surface area contributed by atoms with Crippen molar-refractivity contribution in [2.75, 3.05) is 0 Å². The van der Waals surface area contributed by atoms with Crippen LogP contribution in [0.2, 0.25) is 37.3 Å². The van der Waals surface area contributed by atoms with Crippen LogP contribution in [0.3, 0.4) is 0 Å². The Balaban J connectivity index is 0.00000170. The normalized spacial score (nSPS) is 33.2. The zero-order valence-electron chi connectivity index (χ0n) is 22.6. The van der Waals surface area contributed by atoms with E-state index in [0.717, 1.165) is 29.2 Å². The molecular formula is C26H54Cl2Si2Zr. The first-order valence-electron chi connectivity index (χ1n) is 12.3. The summed E-state index contributed by atoms with van der Waals surface area (Å²) in [6, 6.07) is 0. The standard InChI is InChI=1S/C24H48Si2.2CH3.2ClH.Zr/c1-18-10-9-11-22-21(18)14-15-23(22)26(7,8)25(5,6)20-13-12-19(16-20)17-24(2,3)4;;;;;/h18-23H,9-17H2,1-8H3;2*1H3;2*1H;/q;2*-1;;;+4/p-2. The van der Waals surface area contributed by atoms with E-state index in [1.54, 1.807) is 32.1 Å². The van der Waals surface area contributed by atoms with E-state index in [0.29, 0.717) is 5.41 Å². The summed E-state index contributed by atoms with van der Waals surface area (Å²) in [5.74, 6) is 4.28. The zero-order chi connectivity index (χ0) is 22.0. The van der Waals surface area contributed by atoms with E-state index in [4.69, 9.17) is 17.0 Å². The van der Waals surface area contributed by atoms with E-state index in [2.05, 4.69) is 53.9 Å². The molecular weight excluding hydrogens is 531 g/mol. The third kappa shape index (κ3) is 7.95. The predicted octanol–water partition coefficient (Wildman–Crippen LogP) is 10.6. The summed E-state index contributed by atoms with van der Waals surface area (Å²) in [7, 11) is 7.58. The molecule has 0 amide bonds. The number of halogens is 2. The van der Waals surface area contributed by atoms with E-state index in [9.17, 15) is 0 Å².